The lowest BCUT2D eigenvalue weighted by atomic mass is 10.1. The quantitative estimate of drug-likeness (QED) is 0.575. The maximum absolute atomic E-state index is 12.5. The molecule has 0 atom stereocenters. The highest BCUT2D eigenvalue weighted by molar-refractivity contribution is 8.26. The molecular formula is C20H15N3O4S2. The van der Waals surface area contributed by atoms with Gasteiger partial charge in [0.05, 0.1) is 17.1 Å². The van der Waals surface area contributed by atoms with Gasteiger partial charge in [-0.25, -0.2) is 0 Å². The number of nitrogens with two attached hydrogens (primary N) is 1. The van der Waals surface area contributed by atoms with E-state index >= 15 is 0 Å². The Bertz CT molecular complexity index is 1100. The van der Waals surface area contributed by atoms with Crippen LogP contribution in [0, 0.1) is 0 Å². The SMILES string of the molecule is NC(=O)c1cccc(CN2C(=O)COc3ccc(/C=C4/SC(=S)NC4=O)cc32)c1. The van der Waals surface area contributed by atoms with E-state index in [2.05, 4.69) is 5.32 Å². The monoisotopic (exact) mass is 425 g/mol. The van der Waals surface area contributed by atoms with Gasteiger partial charge in [0.15, 0.2) is 6.61 Å². The third-order valence-electron chi connectivity index (χ3n) is 4.42. The maximum Gasteiger partial charge on any atom is 0.265 e. The molecule has 0 aromatic heterocycles. The first-order valence-electron chi connectivity index (χ1n) is 8.61. The highest BCUT2D eigenvalue weighted by atomic mass is 32.2. The highest BCUT2D eigenvalue weighted by Crippen LogP contribution is 2.35. The Labute approximate surface area is 175 Å². The zero-order chi connectivity index (χ0) is 20.5. The predicted molar refractivity (Wildman–Crippen MR) is 114 cm³/mol. The van der Waals surface area contributed by atoms with Gasteiger partial charge in [0.1, 0.15) is 10.1 Å². The first kappa shape index (κ1) is 19.2. The summed E-state index contributed by atoms with van der Waals surface area (Å²) >= 11 is 6.20. The number of ether oxygens (including phenoxy) is 1. The second-order valence-electron chi connectivity index (χ2n) is 6.41. The Hall–Kier alpha value is -3.17. The number of nitrogens with zero attached hydrogens (tertiary/aromatic N) is 1. The van der Waals surface area contributed by atoms with Crippen LogP contribution in [0.2, 0.25) is 0 Å². The normalized spacial score (nSPS) is 17.2. The summed E-state index contributed by atoms with van der Waals surface area (Å²) in [6.45, 7) is 0.186. The van der Waals surface area contributed by atoms with Crippen LogP contribution in [0.5, 0.6) is 5.75 Å². The second kappa shape index (κ2) is 7.69. The summed E-state index contributed by atoms with van der Waals surface area (Å²) in [7, 11) is 0. The number of benzene rings is 2. The fourth-order valence-corrected chi connectivity index (χ4v) is 4.10. The molecule has 0 radical (unpaired) electrons. The van der Waals surface area contributed by atoms with E-state index in [-0.39, 0.29) is 25.0 Å². The van der Waals surface area contributed by atoms with Gasteiger partial charge in [-0.3, -0.25) is 14.4 Å². The number of anilines is 1. The van der Waals surface area contributed by atoms with Crippen molar-refractivity contribution in [2.45, 2.75) is 6.54 Å². The van der Waals surface area contributed by atoms with Crippen molar-refractivity contribution in [3.8, 4) is 5.75 Å². The van der Waals surface area contributed by atoms with Gasteiger partial charge in [0.2, 0.25) is 5.91 Å². The van der Waals surface area contributed by atoms with E-state index in [1.807, 2.05) is 12.1 Å². The number of carbonyl (C=O) groups excluding carboxylic acids is 3. The highest BCUT2D eigenvalue weighted by Gasteiger charge is 2.27. The van der Waals surface area contributed by atoms with E-state index in [0.717, 1.165) is 11.1 Å². The molecule has 0 aliphatic carbocycles. The summed E-state index contributed by atoms with van der Waals surface area (Å²) < 4.78 is 5.95. The third-order valence-corrected chi connectivity index (χ3v) is 5.58. The molecule has 3 N–H and O–H groups in total. The average Bonchev–Trinajstić information content (AvgIpc) is 3.01. The van der Waals surface area contributed by atoms with Crippen molar-refractivity contribution in [3.63, 3.8) is 0 Å². The van der Waals surface area contributed by atoms with Crippen LogP contribution in [0.1, 0.15) is 21.5 Å². The van der Waals surface area contributed by atoms with E-state index in [1.165, 1.54) is 11.8 Å². The first-order valence-corrected chi connectivity index (χ1v) is 9.84. The number of thioether (sulfide) groups is 1. The Morgan fingerprint density at radius 3 is 2.83 bits per heavy atom. The van der Waals surface area contributed by atoms with Crippen molar-refractivity contribution in [3.05, 3.63) is 64.1 Å². The molecule has 2 aromatic carbocycles. The zero-order valence-corrected chi connectivity index (χ0v) is 16.6. The number of nitrogens with one attached hydrogen (secondary N) is 1. The molecule has 2 aromatic rings. The predicted octanol–water partition coefficient (Wildman–Crippen LogP) is 2.20. The van der Waals surface area contributed by atoms with Gasteiger partial charge in [-0.1, -0.05) is 42.2 Å². The number of carbonyl (C=O) groups is 3. The van der Waals surface area contributed by atoms with E-state index in [0.29, 0.717) is 26.2 Å². The van der Waals surface area contributed by atoms with Crippen LogP contribution in [0.4, 0.5) is 5.69 Å². The summed E-state index contributed by atoms with van der Waals surface area (Å²) in [6.07, 6.45) is 1.71. The molecule has 2 aliphatic heterocycles. The molecule has 0 unspecified atom stereocenters. The van der Waals surface area contributed by atoms with Gasteiger partial charge in [-0.05, 0) is 41.5 Å². The van der Waals surface area contributed by atoms with Gasteiger partial charge in [-0.15, -0.1) is 0 Å². The van der Waals surface area contributed by atoms with Crippen LogP contribution in [0.25, 0.3) is 6.08 Å². The van der Waals surface area contributed by atoms with Gasteiger partial charge in [0, 0.05) is 5.56 Å². The molecule has 0 saturated carbocycles. The van der Waals surface area contributed by atoms with Crippen molar-refractivity contribution in [1.29, 1.82) is 0 Å². The third kappa shape index (κ3) is 4.01. The lowest BCUT2D eigenvalue weighted by Gasteiger charge is -2.30. The van der Waals surface area contributed by atoms with Crippen LogP contribution in [-0.2, 0) is 16.1 Å². The van der Waals surface area contributed by atoms with Gasteiger partial charge in [0.25, 0.3) is 11.8 Å². The standard InChI is InChI=1S/C20H15N3O4S2/c21-18(25)13-3-1-2-12(6-13)9-23-14-7-11(4-5-15(14)27-10-17(23)24)8-16-19(26)22-20(28)29-16/h1-8H,9-10H2,(H2,21,25)(H,22,26,28)/b16-8+. The number of thiocarbonyl (C=S) groups is 1. The Morgan fingerprint density at radius 2 is 2.10 bits per heavy atom. The summed E-state index contributed by atoms with van der Waals surface area (Å²) in [6, 6.07) is 12.2. The van der Waals surface area contributed by atoms with Gasteiger partial charge in [-0.2, -0.15) is 0 Å². The largest absolute Gasteiger partial charge is 0.482 e. The van der Waals surface area contributed by atoms with Crippen LogP contribution in [0.15, 0.2) is 47.4 Å². The molecule has 0 spiro atoms. The fraction of sp³-hybridized carbons (Fsp3) is 0.100. The molecule has 7 nitrogen and oxygen atoms in total. The average molecular weight is 425 g/mol. The van der Waals surface area contributed by atoms with Gasteiger partial charge >= 0.3 is 0 Å². The number of primary amides is 1. The minimum atomic E-state index is -0.528. The minimum absolute atomic E-state index is 0.0739. The van der Waals surface area contributed by atoms with Crippen molar-refractivity contribution >= 4 is 57.8 Å². The molecule has 2 heterocycles. The molecule has 1 saturated heterocycles. The van der Waals surface area contributed by atoms with E-state index in [9.17, 15) is 14.4 Å². The number of hydrogen-bond donors (Lipinski definition) is 2. The summed E-state index contributed by atoms with van der Waals surface area (Å²) in [5.74, 6) is -0.414. The number of rotatable bonds is 4. The van der Waals surface area contributed by atoms with Crippen LogP contribution in [-0.4, -0.2) is 28.6 Å². The van der Waals surface area contributed by atoms with Gasteiger partial charge < -0.3 is 20.7 Å². The molecule has 0 bridgehead atoms. The van der Waals surface area contributed by atoms with E-state index in [4.69, 9.17) is 22.7 Å². The summed E-state index contributed by atoms with van der Waals surface area (Å²) in [5.41, 5.74) is 7.82. The Morgan fingerprint density at radius 1 is 1.28 bits per heavy atom. The first-order chi connectivity index (χ1) is 13.9. The van der Waals surface area contributed by atoms with Crippen LogP contribution >= 0.6 is 24.0 Å². The van der Waals surface area contributed by atoms with Crippen molar-refractivity contribution in [2.75, 3.05) is 11.5 Å². The van der Waals surface area contributed by atoms with Crippen molar-refractivity contribution in [1.82, 2.24) is 5.32 Å². The molecule has 9 heteroatoms. The maximum atomic E-state index is 12.5. The molecule has 2 aliphatic rings. The molecule has 146 valence electrons. The summed E-state index contributed by atoms with van der Waals surface area (Å²) in [4.78, 5) is 38.0. The smallest absolute Gasteiger partial charge is 0.265 e. The molecule has 4 rings (SSSR count). The van der Waals surface area contributed by atoms with Crippen molar-refractivity contribution in [2.24, 2.45) is 5.73 Å². The number of hydrogen-bond acceptors (Lipinski definition) is 6. The number of amides is 3. The van der Waals surface area contributed by atoms with Crippen LogP contribution in [0.3, 0.4) is 0 Å². The molecular weight excluding hydrogens is 410 g/mol. The topological polar surface area (TPSA) is 102 Å². The lowest BCUT2D eigenvalue weighted by Crippen LogP contribution is -2.38. The van der Waals surface area contributed by atoms with Crippen LogP contribution < -0.4 is 20.7 Å². The fourth-order valence-electron chi connectivity index (χ4n) is 3.06. The molecule has 29 heavy (non-hydrogen) atoms. The number of fused-ring (bicyclic) bond motifs is 1. The van der Waals surface area contributed by atoms with E-state index < -0.39 is 5.91 Å². The molecule has 3 amide bonds. The second-order valence-corrected chi connectivity index (χ2v) is 8.13. The minimum Gasteiger partial charge on any atom is -0.482 e. The zero-order valence-electron chi connectivity index (χ0n) is 15.0. The van der Waals surface area contributed by atoms with Crippen molar-refractivity contribution < 1.29 is 19.1 Å². The Balaban J connectivity index is 1.67. The Kier molecular flexibility index (Phi) is 5.08. The molecule has 1 fully saturated rings. The summed E-state index contributed by atoms with van der Waals surface area (Å²) in [5, 5.41) is 2.57. The van der Waals surface area contributed by atoms with E-state index in [1.54, 1.807) is 41.3 Å². The lowest BCUT2D eigenvalue weighted by molar-refractivity contribution is -0.121.